The first-order chi connectivity index (χ1) is 9.71. The second-order valence-corrected chi connectivity index (χ2v) is 6.87. The Morgan fingerprint density at radius 2 is 2.25 bits per heavy atom. The van der Waals surface area contributed by atoms with Crippen LogP contribution in [-0.4, -0.2) is 31.5 Å². The fourth-order valence-electron chi connectivity index (χ4n) is 2.87. The van der Waals surface area contributed by atoms with E-state index in [-0.39, 0.29) is 11.7 Å². The highest BCUT2D eigenvalue weighted by Gasteiger charge is 2.41. The topological polar surface area (TPSA) is 27.7 Å². The van der Waals surface area contributed by atoms with Crippen LogP contribution in [0.1, 0.15) is 24.8 Å². The molecule has 1 spiro atoms. The molecule has 2 fully saturated rings. The number of benzene rings is 1. The van der Waals surface area contributed by atoms with E-state index in [9.17, 15) is 0 Å². The minimum atomic E-state index is -0.101. The van der Waals surface area contributed by atoms with Crippen LogP contribution in [0.5, 0.6) is 5.75 Å². The first-order valence-corrected chi connectivity index (χ1v) is 8.85. The summed E-state index contributed by atoms with van der Waals surface area (Å²) in [6.07, 6.45) is 3.07. The van der Waals surface area contributed by atoms with Crippen molar-refractivity contribution in [2.45, 2.75) is 36.3 Å². The van der Waals surface area contributed by atoms with Gasteiger partial charge in [0, 0.05) is 35.7 Å². The van der Waals surface area contributed by atoms with Crippen LogP contribution < -0.4 is 4.74 Å². The summed E-state index contributed by atoms with van der Waals surface area (Å²) in [5, 5.41) is 0.816. The standard InChI is InChI=1S/C15H18Br2O3/c16-9-11-7-12(1-2-14(11)17)20-13-3-5-19-15(8-13)4-6-18-10-15/h1-2,7,13H,3-6,8-10H2. The van der Waals surface area contributed by atoms with Crippen LogP contribution in [0.2, 0.25) is 0 Å². The van der Waals surface area contributed by atoms with E-state index in [1.165, 1.54) is 5.56 Å². The fraction of sp³-hybridized carbons (Fsp3) is 0.600. The van der Waals surface area contributed by atoms with E-state index < -0.39 is 0 Å². The predicted octanol–water partition coefficient (Wildman–Crippen LogP) is 4.06. The lowest BCUT2D eigenvalue weighted by molar-refractivity contribution is -0.112. The molecule has 3 rings (SSSR count). The number of hydrogen-bond acceptors (Lipinski definition) is 3. The smallest absolute Gasteiger partial charge is 0.120 e. The Hall–Kier alpha value is -0.100. The van der Waals surface area contributed by atoms with E-state index in [0.717, 1.165) is 48.0 Å². The minimum Gasteiger partial charge on any atom is -0.490 e. The largest absolute Gasteiger partial charge is 0.490 e. The quantitative estimate of drug-likeness (QED) is 0.709. The summed E-state index contributed by atoms with van der Waals surface area (Å²) >= 11 is 7.04. The molecule has 2 unspecified atom stereocenters. The Kier molecular flexibility index (Phi) is 4.70. The summed E-state index contributed by atoms with van der Waals surface area (Å²) in [4.78, 5) is 0. The van der Waals surface area contributed by atoms with Crippen molar-refractivity contribution in [3.63, 3.8) is 0 Å². The number of rotatable bonds is 3. The second kappa shape index (κ2) is 6.34. The summed E-state index contributed by atoms with van der Waals surface area (Å²) in [7, 11) is 0. The van der Waals surface area contributed by atoms with Crippen LogP contribution in [-0.2, 0) is 14.8 Å². The summed E-state index contributed by atoms with van der Waals surface area (Å²) in [6, 6.07) is 6.15. The van der Waals surface area contributed by atoms with Gasteiger partial charge in [0.15, 0.2) is 0 Å². The normalized spacial score (nSPS) is 29.8. The third kappa shape index (κ3) is 3.21. The van der Waals surface area contributed by atoms with Gasteiger partial charge in [-0.2, -0.15) is 0 Å². The number of alkyl halides is 1. The van der Waals surface area contributed by atoms with Crippen LogP contribution in [0.15, 0.2) is 22.7 Å². The van der Waals surface area contributed by atoms with Crippen molar-refractivity contribution in [1.29, 1.82) is 0 Å². The number of ether oxygens (including phenoxy) is 3. The van der Waals surface area contributed by atoms with E-state index in [1.807, 2.05) is 12.1 Å². The maximum absolute atomic E-state index is 6.16. The van der Waals surface area contributed by atoms with Gasteiger partial charge in [0.25, 0.3) is 0 Å². The summed E-state index contributed by atoms with van der Waals surface area (Å²) in [5.41, 5.74) is 1.10. The molecule has 0 bridgehead atoms. The average Bonchev–Trinajstić information content (AvgIpc) is 2.89. The fourth-order valence-corrected chi connectivity index (χ4v) is 4.09. The molecule has 2 atom stereocenters. The SMILES string of the molecule is BrCc1cc(OC2CCOC3(CCOC3)C2)ccc1Br. The van der Waals surface area contributed by atoms with E-state index in [0.29, 0.717) is 6.61 Å². The van der Waals surface area contributed by atoms with Gasteiger partial charge in [-0.25, -0.2) is 0 Å². The third-order valence-electron chi connectivity index (χ3n) is 3.98. The zero-order valence-corrected chi connectivity index (χ0v) is 14.4. The molecule has 5 heteroatoms. The molecule has 0 radical (unpaired) electrons. The van der Waals surface area contributed by atoms with Gasteiger partial charge in [-0.3, -0.25) is 0 Å². The second-order valence-electron chi connectivity index (χ2n) is 5.45. The number of hydrogen-bond donors (Lipinski definition) is 0. The Bertz CT molecular complexity index is 472. The highest BCUT2D eigenvalue weighted by Crippen LogP contribution is 2.35. The molecular formula is C15H18Br2O3. The van der Waals surface area contributed by atoms with Crippen LogP contribution in [0.4, 0.5) is 0 Å². The zero-order chi connectivity index (χ0) is 14.0. The van der Waals surface area contributed by atoms with Crippen molar-refractivity contribution in [1.82, 2.24) is 0 Å². The van der Waals surface area contributed by atoms with E-state index in [1.54, 1.807) is 0 Å². The van der Waals surface area contributed by atoms with Crippen LogP contribution in [0.3, 0.4) is 0 Å². The zero-order valence-electron chi connectivity index (χ0n) is 11.2. The molecule has 0 N–H and O–H groups in total. The van der Waals surface area contributed by atoms with Crippen LogP contribution in [0, 0.1) is 0 Å². The maximum atomic E-state index is 6.16. The molecule has 20 heavy (non-hydrogen) atoms. The summed E-state index contributed by atoms with van der Waals surface area (Å²) in [6.45, 7) is 2.27. The molecular weight excluding hydrogens is 388 g/mol. The van der Waals surface area contributed by atoms with Gasteiger partial charge in [-0.05, 0) is 23.8 Å². The van der Waals surface area contributed by atoms with E-state index in [2.05, 4.69) is 37.9 Å². The average molecular weight is 406 g/mol. The molecule has 2 aliphatic heterocycles. The molecule has 0 aliphatic carbocycles. The van der Waals surface area contributed by atoms with Gasteiger partial charge in [-0.15, -0.1) is 0 Å². The molecule has 2 aliphatic rings. The Labute approximate surface area is 136 Å². The van der Waals surface area contributed by atoms with Crippen molar-refractivity contribution >= 4 is 31.9 Å². The van der Waals surface area contributed by atoms with E-state index in [4.69, 9.17) is 14.2 Å². The van der Waals surface area contributed by atoms with Gasteiger partial charge >= 0.3 is 0 Å². The lowest BCUT2D eigenvalue weighted by Gasteiger charge is -2.37. The lowest BCUT2D eigenvalue weighted by Crippen LogP contribution is -2.44. The molecule has 0 aromatic heterocycles. The molecule has 2 saturated heterocycles. The van der Waals surface area contributed by atoms with Crippen molar-refractivity contribution in [3.8, 4) is 5.75 Å². The highest BCUT2D eigenvalue weighted by atomic mass is 79.9. The highest BCUT2D eigenvalue weighted by molar-refractivity contribution is 9.10. The first kappa shape index (κ1) is 14.8. The van der Waals surface area contributed by atoms with Gasteiger partial charge in [0.05, 0.1) is 18.8 Å². The number of halogens is 2. The molecule has 2 heterocycles. The lowest BCUT2D eigenvalue weighted by atomic mass is 9.91. The van der Waals surface area contributed by atoms with Gasteiger partial charge in [0.2, 0.25) is 0 Å². The van der Waals surface area contributed by atoms with Crippen LogP contribution in [0.25, 0.3) is 0 Å². The Morgan fingerprint density at radius 3 is 3.00 bits per heavy atom. The summed E-state index contributed by atoms with van der Waals surface area (Å²) < 4.78 is 18.7. The molecule has 110 valence electrons. The monoisotopic (exact) mass is 404 g/mol. The predicted molar refractivity (Wildman–Crippen MR) is 84.5 cm³/mol. The molecule has 0 amide bonds. The molecule has 1 aromatic carbocycles. The first-order valence-electron chi connectivity index (χ1n) is 6.93. The van der Waals surface area contributed by atoms with Gasteiger partial charge in [0.1, 0.15) is 11.9 Å². The van der Waals surface area contributed by atoms with Crippen molar-refractivity contribution < 1.29 is 14.2 Å². The van der Waals surface area contributed by atoms with Gasteiger partial charge in [-0.1, -0.05) is 31.9 Å². The van der Waals surface area contributed by atoms with Crippen molar-refractivity contribution in [2.24, 2.45) is 0 Å². The Balaban J connectivity index is 1.68. The van der Waals surface area contributed by atoms with Gasteiger partial charge < -0.3 is 14.2 Å². The maximum Gasteiger partial charge on any atom is 0.120 e. The molecule has 1 aromatic rings. The summed E-state index contributed by atoms with van der Waals surface area (Å²) in [5.74, 6) is 0.934. The minimum absolute atomic E-state index is 0.101. The Morgan fingerprint density at radius 1 is 1.35 bits per heavy atom. The third-order valence-corrected chi connectivity index (χ3v) is 5.36. The molecule has 0 saturated carbocycles. The van der Waals surface area contributed by atoms with Crippen molar-refractivity contribution in [2.75, 3.05) is 19.8 Å². The molecule has 3 nitrogen and oxygen atoms in total. The van der Waals surface area contributed by atoms with Crippen LogP contribution >= 0.6 is 31.9 Å². The van der Waals surface area contributed by atoms with Crippen molar-refractivity contribution in [3.05, 3.63) is 28.2 Å². The van der Waals surface area contributed by atoms with E-state index >= 15 is 0 Å².